The number of pyridine rings is 4. The molecule has 78 heavy (non-hydrogen) atoms. The number of nitrogens with one attached hydrogen (secondary N) is 1. The number of nitrogens with zero attached hydrogens (tertiary/aromatic N) is 5. The van der Waals surface area contributed by atoms with E-state index in [4.69, 9.17) is 28.9 Å². The second-order valence-corrected chi connectivity index (χ2v) is 38.4. The van der Waals surface area contributed by atoms with Crippen LogP contribution in [0.15, 0.2) is 79.0 Å². The van der Waals surface area contributed by atoms with Crippen LogP contribution in [-0.4, -0.2) is 74.4 Å². The van der Waals surface area contributed by atoms with Gasteiger partial charge in [0, 0.05) is 48.6 Å². The third-order valence-corrected chi connectivity index (χ3v) is 25.1. The summed E-state index contributed by atoms with van der Waals surface area (Å²) in [5, 5.41) is 5.77. The van der Waals surface area contributed by atoms with Crippen LogP contribution in [-0.2, 0) is 97.5 Å². The van der Waals surface area contributed by atoms with Crippen molar-refractivity contribution < 1.29 is 65.9 Å². The maximum absolute atomic E-state index is 7.50. The van der Waals surface area contributed by atoms with Crippen molar-refractivity contribution in [1.82, 2.24) is 30.2 Å². The Balaban J connectivity index is -0.000000310. The fraction of sp³-hybridized carbons (Fsp3) is 0.617. The molecule has 0 amide bonds. The summed E-state index contributed by atoms with van der Waals surface area (Å²) in [6.07, 6.45) is 5.21. The fourth-order valence-electron chi connectivity index (χ4n) is 9.22. The van der Waals surface area contributed by atoms with Gasteiger partial charge in [0.2, 0.25) is 0 Å². The van der Waals surface area contributed by atoms with Gasteiger partial charge in [-0.2, -0.15) is 0 Å². The minimum atomic E-state index is -0.609. The van der Waals surface area contributed by atoms with Gasteiger partial charge in [-0.15, -0.1) is 0 Å². The molecule has 4 heterocycles. The van der Waals surface area contributed by atoms with Crippen LogP contribution in [0.25, 0.3) is 11.4 Å². The Kier molecular flexibility index (Phi) is 49.1. The summed E-state index contributed by atoms with van der Waals surface area (Å²) in [4.78, 5) is 21.6. The Hall–Kier alpha value is -0.230. The molecule has 0 radical (unpaired) electrons. The number of hydrogen-bond acceptors (Lipinski definition) is 6. The summed E-state index contributed by atoms with van der Waals surface area (Å²) in [6.45, 7) is 71.4. The van der Waals surface area contributed by atoms with Gasteiger partial charge in [0.1, 0.15) is 6.16 Å². The van der Waals surface area contributed by atoms with E-state index in [-0.39, 0.29) is 5.54 Å². The third-order valence-electron chi connectivity index (χ3n) is 12.0. The Morgan fingerprint density at radius 2 is 0.718 bits per heavy atom. The predicted molar refractivity (Wildman–Crippen MR) is 337 cm³/mol. The van der Waals surface area contributed by atoms with E-state index in [1.165, 1.54) is 22.8 Å². The Morgan fingerprint density at radius 3 is 1.03 bits per heavy atom. The van der Waals surface area contributed by atoms with Gasteiger partial charge in [-0.25, -0.2) is 4.98 Å². The third kappa shape index (κ3) is 39.3. The van der Waals surface area contributed by atoms with Crippen molar-refractivity contribution in [2.24, 2.45) is 0 Å². The molecule has 4 aromatic heterocycles. The Bertz CT molecular complexity index is 2140. The normalized spacial score (nSPS) is 11.5. The van der Waals surface area contributed by atoms with Crippen LogP contribution in [0.4, 0.5) is 0 Å². The van der Waals surface area contributed by atoms with Gasteiger partial charge in [-0.3, -0.25) is 19.9 Å². The fourth-order valence-corrected chi connectivity index (χ4v) is 20.8. The van der Waals surface area contributed by atoms with Crippen molar-refractivity contribution in [2.75, 3.05) is 13.1 Å². The summed E-state index contributed by atoms with van der Waals surface area (Å²) >= 11 is 4.87. The van der Waals surface area contributed by atoms with Gasteiger partial charge >= 0.3 is 115 Å². The average molecular weight is 1460 g/mol. The zero-order valence-corrected chi connectivity index (χ0v) is 62.5. The van der Waals surface area contributed by atoms with Crippen LogP contribution in [0, 0.1) is 20.0 Å². The molecule has 0 saturated carbocycles. The van der Waals surface area contributed by atoms with E-state index in [2.05, 4.69) is 272 Å². The van der Waals surface area contributed by atoms with Crippen LogP contribution < -0.4 is 5.32 Å². The van der Waals surface area contributed by atoms with Crippen LogP contribution >= 0.6 is 52.8 Å². The molecule has 0 atom stereocenters. The molecule has 0 fully saturated rings. The van der Waals surface area contributed by atoms with Gasteiger partial charge in [0.25, 0.3) is 0 Å². The van der Waals surface area contributed by atoms with Crippen molar-refractivity contribution in [3.05, 3.63) is 127 Å². The molecular weight excluding hydrogens is 1360 g/mol. The molecule has 0 aliphatic rings. The van der Waals surface area contributed by atoms with Crippen LogP contribution in [0.2, 0.25) is 0 Å². The van der Waals surface area contributed by atoms with E-state index in [0.717, 1.165) is 61.7 Å². The number of hydrogen-bond donors (Lipinski definition) is 1. The Labute approximate surface area is 523 Å². The first-order valence-electron chi connectivity index (χ1n) is 25.9. The summed E-state index contributed by atoms with van der Waals surface area (Å²) in [5.74, 6) is 0. The van der Waals surface area contributed by atoms with E-state index < -0.39 is 23.8 Å². The summed E-state index contributed by atoms with van der Waals surface area (Å²) in [5.41, 5.74) is 8.15. The zero-order chi connectivity index (χ0) is 62.5. The minimum absolute atomic E-state index is 0.128. The van der Waals surface area contributed by atoms with Gasteiger partial charge in [-0.1, -0.05) is 38.1 Å². The van der Waals surface area contributed by atoms with Crippen molar-refractivity contribution >= 4 is 52.8 Å². The van der Waals surface area contributed by atoms with Crippen molar-refractivity contribution in [3.8, 4) is 11.4 Å². The molecule has 9 nitrogen and oxygen atoms in total. The number of halogens is 3. The monoisotopic (exact) mass is 1460 g/mol. The summed E-state index contributed by atoms with van der Waals surface area (Å²) in [6, 6.07) is 25.3. The van der Waals surface area contributed by atoms with Crippen molar-refractivity contribution in [3.63, 3.8) is 0 Å². The average Bonchev–Trinajstić information content (AvgIpc) is 3.37. The molecule has 1 N–H and O–H groups in total. The van der Waals surface area contributed by atoms with E-state index >= 15 is 0 Å². The van der Waals surface area contributed by atoms with E-state index in [1.54, 1.807) is 51.9 Å². The standard InChI is InChI=1S/C19H27N2P.2C19H35N2P.3CO.3ClH.3Ru.3H/c1-18(2,3)22(19(4,5)6)14-15-10-9-12-17(21-15)16-11-7-8-13-20-16;1-17(2,3)20-13-15-11-10-12-16(21-15)14-22(18(4,5)6)19(7,8)9;1-9-21(10-2)14-16-12-11-13-17(20-16)15-22(18(3,4)5)19(6,7)8;3*1-2;;;;;;;;;/h7-13H,14H2,1-6H3;10-12,20H,13-14H2,1-9H3;11-13H,9-10,14-15H2,1-8H3;;;;3*1H;;;;;;/q;;;;;;;;;3*+1;;;. The van der Waals surface area contributed by atoms with E-state index in [1.807, 2.05) is 30.5 Å². The molecule has 0 aliphatic carbocycles. The molecular formula is C60H103Cl3N6O3P3Ru3+3. The van der Waals surface area contributed by atoms with E-state index in [9.17, 15) is 0 Å². The topological polar surface area (TPSA) is 127 Å². The number of aromatic nitrogens is 4. The van der Waals surface area contributed by atoms with Gasteiger partial charge in [0.15, 0.2) is 0 Å². The Morgan fingerprint density at radius 1 is 0.423 bits per heavy atom. The zero-order valence-electron chi connectivity index (χ0n) is 51.7. The van der Waals surface area contributed by atoms with E-state index in [0.29, 0.717) is 30.9 Å². The molecule has 448 valence electrons. The molecule has 18 heteroatoms. The van der Waals surface area contributed by atoms with Gasteiger partial charge < -0.3 is 5.32 Å². The van der Waals surface area contributed by atoms with Crippen molar-refractivity contribution in [2.45, 2.75) is 227 Å². The summed E-state index contributed by atoms with van der Waals surface area (Å²) < 4.78 is 22.5. The first-order chi connectivity index (χ1) is 36.0. The van der Waals surface area contributed by atoms with Gasteiger partial charge in [0.05, 0.1) is 83.1 Å². The second kappa shape index (κ2) is 44.3. The first-order valence-corrected chi connectivity index (χ1v) is 38.2. The molecule has 0 saturated heterocycles. The molecule has 0 aromatic carbocycles. The second-order valence-electron chi connectivity index (χ2n) is 25.5. The quantitative estimate of drug-likeness (QED) is 0.0615. The SMILES string of the molecule is CC(C)(C)NCc1cccc(C[PH+](C(C)(C)C)C(C)(C)C)n1.CC(C)(C)[PH+](Cc1cccc(-c2ccccn2)n1)C(C)(C)C.CCN(CC)Cc1cccc(C[PH+](C(C)(C)C)C(C)(C)C)n1.[C-]#[O+].[C-]#[O+].[C-]#[O+].[Cl][RuH].[Cl][RuH].[Cl][RuH]. The first kappa shape index (κ1) is 86.6. The maximum atomic E-state index is 7.50. The molecule has 0 bridgehead atoms. The molecule has 0 spiro atoms. The predicted octanol–water partition coefficient (Wildman–Crippen LogP) is 17.1. The van der Waals surface area contributed by atoms with Crippen LogP contribution in [0.5, 0.6) is 0 Å². The molecule has 4 rings (SSSR count). The molecule has 0 unspecified atom stereocenters. The molecule has 0 aliphatic heterocycles. The molecule has 4 aromatic rings. The van der Waals surface area contributed by atoms with Crippen LogP contribution in [0.1, 0.15) is 188 Å². The van der Waals surface area contributed by atoms with Crippen molar-refractivity contribution in [1.29, 1.82) is 0 Å². The van der Waals surface area contributed by atoms with Crippen LogP contribution in [0.3, 0.4) is 0 Å². The number of rotatable bonds is 13. The van der Waals surface area contributed by atoms with Gasteiger partial charge in [-0.05, 0) is 207 Å². The summed E-state index contributed by atoms with van der Waals surface area (Å²) in [7, 11) is 12.1.